The second kappa shape index (κ2) is 9.12. The number of hydrogen-bond acceptors (Lipinski definition) is 4. The molecule has 0 fully saturated rings. The molecule has 0 aliphatic carbocycles. The first-order valence-corrected chi connectivity index (χ1v) is 10.9. The minimum absolute atomic E-state index is 0.0770. The Morgan fingerprint density at radius 2 is 2.16 bits per heavy atom. The number of benzene rings is 2. The summed E-state index contributed by atoms with van der Waals surface area (Å²) in [6.45, 7) is 5.66. The molecule has 0 saturated carbocycles. The molecule has 2 amide bonds. The van der Waals surface area contributed by atoms with E-state index < -0.39 is 6.10 Å². The van der Waals surface area contributed by atoms with Crippen LogP contribution < -0.4 is 15.0 Å². The van der Waals surface area contributed by atoms with Crippen molar-refractivity contribution in [3.8, 4) is 5.75 Å². The summed E-state index contributed by atoms with van der Waals surface area (Å²) >= 11 is 0. The van der Waals surface area contributed by atoms with Gasteiger partial charge in [0.05, 0.1) is 18.8 Å². The van der Waals surface area contributed by atoms with E-state index in [0.717, 1.165) is 40.8 Å². The molecule has 0 bridgehead atoms. The summed E-state index contributed by atoms with van der Waals surface area (Å²) in [6, 6.07) is 9.24. The van der Waals surface area contributed by atoms with Crippen LogP contribution >= 0.6 is 0 Å². The van der Waals surface area contributed by atoms with Gasteiger partial charge in [0, 0.05) is 18.0 Å². The molecule has 6 nitrogen and oxygen atoms in total. The molecule has 2 N–H and O–H groups in total. The van der Waals surface area contributed by atoms with E-state index in [4.69, 9.17) is 4.74 Å². The highest BCUT2D eigenvalue weighted by atomic mass is 19.1. The van der Waals surface area contributed by atoms with E-state index in [-0.39, 0.29) is 18.5 Å². The van der Waals surface area contributed by atoms with Crippen molar-refractivity contribution in [1.29, 1.82) is 0 Å². The normalized spacial score (nSPS) is 18.6. The van der Waals surface area contributed by atoms with E-state index in [1.54, 1.807) is 17.2 Å². The van der Waals surface area contributed by atoms with Gasteiger partial charge in [0.2, 0.25) is 0 Å². The third kappa shape index (κ3) is 4.25. The fourth-order valence-corrected chi connectivity index (χ4v) is 4.20. The Hall–Kier alpha value is -3.19. The highest BCUT2D eigenvalue weighted by molar-refractivity contribution is 6.05. The van der Waals surface area contributed by atoms with Crippen molar-refractivity contribution in [2.24, 2.45) is 4.99 Å². The van der Waals surface area contributed by atoms with Crippen LogP contribution in [0.5, 0.6) is 5.75 Å². The summed E-state index contributed by atoms with van der Waals surface area (Å²) in [7, 11) is 0. The second-order valence-electron chi connectivity index (χ2n) is 8.20. The molecule has 4 rings (SSSR count). The molecule has 2 aromatic carbocycles. The zero-order valence-electron chi connectivity index (χ0n) is 18.6. The van der Waals surface area contributed by atoms with E-state index in [1.165, 1.54) is 6.92 Å². The van der Waals surface area contributed by atoms with Gasteiger partial charge in [0.25, 0.3) is 0 Å². The number of aliphatic imine (C=N–C) groups is 1. The zero-order chi connectivity index (χ0) is 22.8. The van der Waals surface area contributed by atoms with Gasteiger partial charge >= 0.3 is 6.03 Å². The van der Waals surface area contributed by atoms with Gasteiger partial charge < -0.3 is 15.2 Å². The SMILES string of the molecule is CCC=N/C(=C(\C)F)C1CCc2cc(C)c(N3Cc4ccc(CO)cc4NC3=O)cc2O1. The zero-order valence-corrected chi connectivity index (χ0v) is 18.6. The van der Waals surface area contributed by atoms with Crippen molar-refractivity contribution in [3.05, 3.63) is 64.1 Å². The molecule has 0 radical (unpaired) electrons. The Labute approximate surface area is 187 Å². The van der Waals surface area contributed by atoms with Crippen LogP contribution in [0.1, 0.15) is 48.9 Å². The van der Waals surface area contributed by atoms with E-state index in [9.17, 15) is 14.3 Å². The van der Waals surface area contributed by atoms with Gasteiger partial charge in [0.15, 0.2) is 0 Å². The summed E-state index contributed by atoms with van der Waals surface area (Å²) in [5.41, 5.74) is 5.51. The lowest BCUT2D eigenvalue weighted by Gasteiger charge is -2.33. The minimum atomic E-state index is -0.460. The molecule has 2 aliphatic heterocycles. The number of nitrogens with one attached hydrogen (secondary N) is 1. The lowest BCUT2D eigenvalue weighted by molar-refractivity contribution is 0.202. The van der Waals surface area contributed by atoms with Crippen molar-refractivity contribution >= 4 is 23.6 Å². The number of nitrogens with zero attached hydrogens (tertiary/aromatic N) is 2. The first-order valence-electron chi connectivity index (χ1n) is 10.9. The van der Waals surface area contributed by atoms with E-state index in [0.29, 0.717) is 30.1 Å². The van der Waals surface area contributed by atoms with Crippen LogP contribution in [0.4, 0.5) is 20.6 Å². The third-order valence-electron chi connectivity index (χ3n) is 5.86. The molecule has 0 aromatic heterocycles. The molecule has 7 heteroatoms. The first-order chi connectivity index (χ1) is 15.4. The predicted octanol–water partition coefficient (Wildman–Crippen LogP) is 5.41. The molecule has 0 saturated heterocycles. The van der Waals surface area contributed by atoms with Crippen molar-refractivity contribution in [2.75, 3.05) is 10.2 Å². The molecule has 0 spiro atoms. The number of hydrogen-bond donors (Lipinski definition) is 2. The van der Waals surface area contributed by atoms with Crippen molar-refractivity contribution in [3.63, 3.8) is 0 Å². The molecule has 2 heterocycles. The average molecular weight is 438 g/mol. The maximum Gasteiger partial charge on any atom is 0.326 e. The number of amides is 2. The quantitative estimate of drug-likeness (QED) is 0.614. The predicted molar refractivity (Wildman–Crippen MR) is 124 cm³/mol. The van der Waals surface area contributed by atoms with Crippen LogP contribution in [0.15, 0.2) is 46.8 Å². The summed E-state index contributed by atoms with van der Waals surface area (Å²) in [5, 5.41) is 12.3. The standard InChI is InChI=1S/C25H28FN3O3/c1-4-9-27-24(16(3)26)22-8-7-18-10-15(2)21(12-23(18)32-22)29-13-19-6-5-17(14-30)11-20(19)28-25(29)31/h5-6,9-12,22,30H,4,7-8,13-14H2,1-3H3,(H,28,31)/b24-16+,27-9?. The number of carbonyl (C=O) groups excluding carboxylic acids is 1. The fourth-order valence-electron chi connectivity index (χ4n) is 4.20. The number of halogens is 1. The molecule has 168 valence electrons. The topological polar surface area (TPSA) is 74.2 Å². The Bertz CT molecular complexity index is 1110. The summed E-state index contributed by atoms with van der Waals surface area (Å²) in [4.78, 5) is 18.9. The van der Waals surface area contributed by atoms with Gasteiger partial charge in [-0.05, 0) is 61.4 Å². The minimum Gasteiger partial charge on any atom is -0.484 e. The fraction of sp³-hybridized carbons (Fsp3) is 0.360. The Morgan fingerprint density at radius 1 is 1.34 bits per heavy atom. The van der Waals surface area contributed by atoms with Crippen molar-refractivity contribution < 1.29 is 19.0 Å². The summed E-state index contributed by atoms with van der Waals surface area (Å²) in [5.74, 6) is 0.311. The Morgan fingerprint density at radius 3 is 2.88 bits per heavy atom. The maximum atomic E-state index is 14.1. The second-order valence-corrected chi connectivity index (χ2v) is 8.20. The van der Waals surface area contributed by atoms with Crippen LogP contribution in [0.2, 0.25) is 0 Å². The molecule has 1 unspecified atom stereocenters. The van der Waals surface area contributed by atoms with Crippen molar-refractivity contribution in [1.82, 2.24) is 0 Å². The van der Waals surface area contributed by atoms with Gasteiger partial charge in [-0.1, -0.05) is 25.1 Å². The lowest BCUT2D eigenvalue weighted by Crippen LogP contribution is -2.39. The first kappa shape index (κ1) is 22.0. The number of carbonyl (C=O) groups is 1. The number of rotatable bonds is 5. The average Bonchev–Trinajstić information content (AvgIpc) is 2.78. The van der Waals surface area contributed by atoms with Gasteiger partial charge in [-0.2, -0.15) is 0 Å². The van der Waals surface area contributed by atoms with Crippen molar-refractivity contribution in [2.45, 2.75) is 59.3 Å². The molecule has 2 aromatic rings. The number of anilines is 2. The van der Waals surface area contributed by atoms with Crippen LogP contribution in [0.25, 0.3) is 0 Å². The summed E-state index contributed by atoms with van der Waals surface area (Å²) < 4.78 is 20.3. The highest BCUT2D eigenvalue weighted by Gasteiger charge is 2.29. The number of urea groups is 1. The van der Waals surface area contributed by atoms with Gasteiger partial charge in [-0.25, -0.2) is 9.18 Å². The molecule has 2 aliphatic rings. The number of aliphatic hydroxyl groups is 1. The third-order valence-corrected chi connectivity index (χ3v) is 5.86. The monoisotopic (exact) mass is 437 g/mol. The van der Waals surface area contributed by atoms with Crippen LogP contribution in [0, 0.1) is 6.92 Å². The van der Waals surface area contributed by atoms with Gasteiger partial charge in [-0.3, -0.25) is 9.89 Å². The smallest absolute Gasteiger partial charge is 0.326 e. The Balaban J connectivity index is 1.64. The molecule has 32 heavy (non-hydrogen) atoms. The summed E-state index contributed by atoms with van der Waals surface area (Å²) in [6.07, 6.45) is 3.34. The van der Waals surface area contributed by atoms with Crippen LogP contribution in [-0.2, 0) is 19.6 Å². The lowest BCUT2D eigenvalue weighted by atomic mass is 9.97. The van der Waals surface area contributed by atoms with E-state index >= 15 is 0 Å². The number of allylic oxidation sites excluding steroid dienone is 1. The van der Waals surface area contributed by atoms with Crippen LogP contribution in [0.3, 0.4) is 0 Å². The largest absolute Gasteiger partial charge is 0.484 e. The van der Waals surface area contributed by atoms with Gasteiger partial charge in [0.1, 0.15) is 23.4 Å². The van der Waals surface area contributed by atoms with E-state index in [2.05, 4.69) is 10.3 Å². The number of ether oxygens (including phenoxy) is 1. The van der Waals surface area contributed by atoms with E-state index in [1.807, 2.05) is 38.1 Å². The van der Waals surface area contributed by atoms with Gasteiger partial charge in [-0.15, -0.1) is 0 Å². The molecular formula is C25H28FN3O3. The number of aliphatic hydroxyl groups excluding tert-OH is 1. The Kier molecular flexibility index (Phi) is 6.28. The molecular weight excluding hydrogens is 409 g/mol. The number of fused-ring (bicyclic) bond motifs is 2. The number of aryl methyl sites for hydroxylation is 2. The van der Waals surface area contributed by atoms with Crippen LogP contribution in [-0.4, -0.2) is 23.5 Å². The maximum absolute atomic E-state index is 14.1. The highest BCUT2D eigenvalue weighted by Crippen LogP contribution is 2.38. The molecule has 1 atom stereocenters.